The van der Waals surface area contributed by atoms with Gasteiger partial charge in [0.25, 0.3) is 0 Å². The van der Waals surface area contributed by atoms with E-state index in [1.807, 2.05) is 14.0 Å². The second-order valence-electron chi connectivity index (χ2n) is 2.49. The Morgan fingerprint density at radius 3 is 2.75 bits per heavy atom. The van der Waals surface area contributed by atoms with E-state index in [0.29, 0.717) is 0 Å². The standard InChI is InChI=1S/C9H12N2S/c1-7-8(2)12-9(11-7)5-4-6-10-3/h10H,6H2,1-3H3. The van der Waals surface area contributed by atoms with Crippen molar-refractivity contribution in [2.45, 2.75) is 13.8 Å². The van der Waals surface area contributed by atoms with Crippen molar-refractivity contribution in [3.05, 3.63) is 15.6 Å². The molecule has 0 atom stereocenters. The first-order valence-electron chi connectivity index (χ1n) is 3.81. The fraction of sp³-hybridized carbons (Fsp3) is 0.444. The zero-order valence-electron chi connectivity index (χ0n) is 7.56. The second kappa shape index (κ2) is 4.24. The van der Waals surface area contributed by atoms with Gasteiger partial charge in [-0.1, -0.05) is 5.92 Å². The topological polar surface area (TPSA) is 24.9 Å². The monoisotopic (exact) mass is 180 g/mol. The predicted octanol–water partition coefficient (Wildman–Crippen LogP) is 1.33. The lowest BCUT2D eigenvalue weighted by molar-refractivity contribution is 0.938. The second-order valence-corrected chi connectivity index (χ2v) is 3.70. The van der Waals surface area contributed by atoms with E-state index in [0.717, 1.165) is 17.2 Å². The Kier molecular flexibility index (Phi) is 3.27. The third-order valence-electron chi connectivity index (χ3n) is 1.49. The zero-order valence-corrected chi connectivity index (χ0v) is 8.38. The van der Waals surface area contributed by atoms with Gasteiger partial charge >= 0.3 is 0 Å². The Bertz CT molecular complexity index is 298. The van der Waals surface area contributed by atoms with Gasteiger partial charge in [-0.15, -0.1) is 11.3 Å². The van der Waals surface area contributed by atoms with Crippen LogP contribution in [0.5, 0.6) is 0 Å². The van der Waals surface area contributed by atoms with Crippen LogP contribution in [0, 0.1) is 25.7 Å². The molecule has 0 aliphatic heterocycles. The molecule has 1 heterocycles. The first-order chi connectivity index (χ1) is 5.74. The summed E-state index contributed by atoms with van der Waals surface area (Å²) in [6.45, 7) is 4.79. The highest BCUT2D eigenvalue weighted by Crippen LogP contribution is 2.14. The number of hydrogen-bond acceptors (Lipinski definition) is 3. The van der Waals surface area contributed by atoms with Crippen molar-refractivity contribution >= 4 is 11.3 Å². The number of thiazole rings is 1. The summed E-state index contributed by atoms with van der Waals surface area (Å²) in [4.78, 5) is 5.55. The molecule has 2 nitrogen and oxygen atoms in total. The van der Waals surface area contributed by atoms with Crippen LogP contribution in [-0.4, -0.2) is 18.6 Å². The molecule has 0 amide bonds. The summed E-state index contributed by atoms with van der Waals surface area (Å²) in [6.07, 6.45) is 0. The maximum Gasteiger partial charge on any atom is 0.167 e. The van der Waals surface area contributed by atoms with Crippen LogP contribution >= 0.6 is 11.3 Å². The number of aromatic nitrogens is 1. The summed E-state index contributed by atoms with van der Waals surface area (Å²) in [7, 11) is 1.88. The molecule has 12 heavy (non-hydrogen) atoms. The predicted molar refractivity (Wildman–Crippen MR) is 52.4 cm³/mol. The van der Waals surface area contributed by atoms with Crippen LogP contribution in [0.2, 0.25) is 0 Å². The lowest BCUT2D eigenvalue weighted by Crippen LogP contribution is -2.04. The average Bonchev–Trinajstić information content (AvgIpc) is 2.32. The minimum atomic E-state index is 0.720. The molecule has 1 aromatic rings. The normalized spacial score (nSPS) is 9.25. The highest BCUT2D eigenvalue weighted by molar-refractivity contribution is 7.12. The maximum atomic E-state index is 4.30. The van der Waals surface area contributed by atoms with Crippen molar-refractivity contribution in [1.29, 1.82) is 0 Å². The molecule has 64 valence electrons. The van der Waals surface area contributed by atoms with Gasteiger partial charge in [-0.2, -0.15) is 0 Å². The van der Waals surface area contributed by atoms with E-state index in [2.05, 4.69) is 29.1 Å². The van der Waals surface area contributed by atoms with Gasteiger partial charge in [0.15, 0.2) is 5.01 Å². The summed E-state index contributed by atoms with van der Waals surface area (Å²) < 4.78 is 0. The molecule has 0 aliphatic carbocycles. The SMILES string of the molecule is CNCC#Cc1nc(C)c(C)s1. The highest BCUT2D eigenvalue weighted by atomic mass is 32.1. The third-order valence-corrected chi connectivity index (χ3v) is 2.48. The van der Waals surface area contributed by atoms with E-state index in [1.54, 1.807) is 11.3 Å². The Balaban J connectivity index is 2.72. The molecule has 1 N–H and O–H groups in total. The molecular weight excluding hydrogens is 168 g/mol. The van der Waals surface area contributed by atoms with E-state index in [1.165, 1.54) is 4.88 Å². The molecule has 0 saturated heterocycles. The molecule has 1 rings (SSSR count). The molecule has 0 unspecified atom stereocenters. The Labute approximate surface area is 77.0 Å². The molecule has 0 bridgehead atoms. The molecule has 3 heteroatoms. The number of rotatable bonds is 1. The Hall–Kier alpha value is -0.850. The van der Waals surface area contributed by atoms with Crippen LogP contribution in [0.1, 0.15) is 15.6 Å². The van der Waals surface area contributed by atoms with Crippen molar-refractivity contribution < 1.29 is 0 Å². The lowest BCUT2D eigenvalue weighted by atomic mass is 10.4. The van der Waals surface area contributed by atoms with E-state index < -0.39 is 0 Å². The zero-order chi connectivity index (χ0) is 8.97. The van der Waals surface area contributed by atoms with Crippen LogP contribution in [0.15, 0.2) is 0 Å². The Morgan fingerprint density at radius 1 is 1.50 bits per heavy atom. The van der Waals surface area contributed by atoms with Gasteiger partial charge in [-0.25, -0.2) is 4.98 Å². The van der Waals surface area contributed by atoms with Crippen LogP contribution < -0.4 is 5.32 Å². The van der Waals surface area contributed by atoms with E-state index in [-0.39, 0.29) is 0 Å². The summed E-state index contributed by atoms with van der Waals surface area (Å²) in [6, 6.07) is 0. The first kappa shape index (κ1) is 9.24. The van der Waals surface area contributed by atoms with Gasteiger partial charge in [0.2, 0.25) is 0 Å². The van der Waals surface area contributed by atoms with Gasteiger partial charge in [-0.05, 0) is 26.8 Å². The number of hydrogen-bond donors (Lipinski definition) is 1. The smallest absolute Gasteiger partial charge is 0.167 e. The van der Waals surface area contributed by atoms with Crippen LogP contribution in [0.3, 0.4) is 0 Å². The molecule has 1 aromatic heterocycles. The van der Waals surface area contributed by atoms with Crippen molar-refractivity contribution in [3.63, 3.8) is 0 Å². The largest absolute Gasteiger partial charge is 0.309 e. The minimum Gasteiger partial charge on any atom is -0.309 e. The quantitative estimate of drug-likeness (QED) is 0.659. The fourth-order valence-electron chi connectivity index (χ4n) is 0.734. The van der Waals surface area contributed by atoms with E-state index in [4.69, 9.17) is 0 Å². The fourth-order valence-corrected chi connectivity index (χ4v) is 1.52. The van der Waals surface area contributed by atoms with Crippen molar-refractivity contribution in [3.8, 4) is 11.8 Å². The average molecular weight is 180 g/mol. The van der Waals surface area contributed by atoms with Crippen LogP contribution in [-0.2, 0) is 0 Å². The van der Waals surface area contributed by atoms with Crippen molar-refractivity contribution in [1.82, 2.24) is 10.3 Å². The molecule has 0 saturated carbocycles. The van der Waals surface area contributed by atoms with Crippen LogP contribution in [0.25, 0.3) is 0 Å². The Morgan fingerprint density at radius 2 is 2.25 bits per heavy atom. The number of nitrogens with one attached hydrogen (secondary N) is 1. The van der Waals surface area contributed by atoms with Crippen LogP contribution in [0.4, 0.5) is 0 Å². The summed E-state index contributed by atoms with van der Waals surface area (Å²) in [5.74, 6) is 5.98. The molecular formula is C9H12N2S. The maximum absolute atomic E-state index is 4.30. The van der Waals surface area contributed by atoms with Gasteiger partial charge in [0, 0.05) is 4.88 Å². The minimum absolute atomic E-state index is 0.720. The molecule has 0 aliphatic rings. The van der Waals surface area contributed by atoms with Gasteiger partial charge in [-0.3, -0.25) is 0 Å². The van der Waals surface area contributed by atoms with Gasteiger partial charge in [0.1, 0.15) is 0 Å². The molecule has 0 spiro atoms. The summed E-state index contributed by atoms with van der Waals surface area (Å²) >= 11 is 1.65. The number of aryl methyl sites for hydroxylation is 2. The molecule has 0 radical (unpaired) electrons. The number of nitrogens with zero attached hydrogens (tertiary/aromatic N) is 1. The van der Waals surface area contributed by atoms with Gasteiger partial charge in [0.05, 0.1) is 12.2 Å². The highest BCUT2D eigenvalue weighted by Gasteiger charge is 1.98. The van der Waals surface area contributed by atoms with Gasteiger partial charge < -0.3 is 5.32 Å². The molecule has 0 fully saturated rings. The summed E-state index contributed by atoms with van der Waals surface area (Å²) in [5.41, 5.74) is 1.09. The third kappa shape index (κ3) is 2.33. The molecule has 0 aromatic carbocycles. The van der Waals surface area contributed by atoms with Crippen molar-refractivity contribution in [2.75, 3.05) is 13.6 Å². The summed E-state index contributed by atoms with van der Waals surface area (Å²) in [5, 5.41) is 3.88. The van der Waals surface area contributed by atoms with E-state index in [9.17, 15) is 0 Å². The lowest BCUT2D eigenvalue weighted by Gasteiger charge is -1.80. The van der Waals surface area contributed by atoms with E-state index >= 15 is 0 Å². The first-order valence-corrected chi connectivity index (χ1v) is 4.63. The van der Waals surface area contributed by atoms with Crippen molar-refractivity contribution in [2.24, 2.45) is 0 Å².